The van der Waals surface area contributed by atoms with Gasteiger partial charge in [0.1, 0.15) is 0 Å². The smallest absolute Gasteiger partial charge is 0.0190 e. The van der Waals surface area contributed by atoms with Gasteiger partial charge >= 0.3 is 0 Å². The van der Waals surface area contributed by atoms with Crippen molar-refractivity contribution < 1.29 is 0 Å². The number of rotatable bonds is 3. The maximum absolute atomic E-state index is 5.64. The third kappa shape index (κ3) is 2.46. The minimum absolute atomic E-state index is 0.549. The summed E-state index contributed by atoms with van der Waals surface area (Å²) >= 11 is 0. The van der Waals surface area contributed by atoms with Gasteiger partial charge in [0.25, 0.3) is 0 Å². The summed E-state index contributed by atoms with van der Waals surface area (Å²) in [5, 5.41) is 0. The lowest BCUT2D eigenvalue weighted by atomic mass is 9.94. The van der Waals surface area contributed by atoms with Crippen LogP contribution >= 0.6 is 0 Å². The second kappa shape index (κ2) is 4.83. The molecule has 2 nitrogen and oxygen atoms in total. The molecule has 1 rings (SSSR count). The van der Waals surface area contributed by atoms with Crippen molar-refractivity contribution in [2.75, 3.05) is 13.6 Å². The number of hydrogen-bond acceptors (Lipinski definition) is 2. The maximum Gasteiger partial charge on any atom is 0.0190 e. The van der Waals surface area contributed by atoms with Gasteiger partial charge in [0.05, 0.1) is 0 Å². The predicted octanol–water partition coefficient (Wildman–Crippen LogP) is 1.60. The third-order valence-corrected chi connectivity index (χ3v) is 3.19. The predicted molar refractivity (Wildman–Crippen MR) is 53.2 cm³/mol. The minimum atomic E-state index is 0.549. The zero-order chi connectivity index (χ0) is 8.97. The van der Waals surface area contributed by atoms with Crippen LogP contribution in [0.15, 0.2) is 0 Å². The fourth-order valence-electron chi connectivity index (χ4n) is 2.01. The molecule has 1 aliphatic carbocycles. The fourth-order valence-corrected chi connectivity index (χ4v) is 2.01. The first-order valence-electron chi connectivity index (χ1n) is 5.17. The fraction of sp³-hybridized carbons (Fsp3) is 1.00. The molecule has 0 spiro atoms. The van der Waals surface area contributed by atoms with Crippen molar-refractivity contribution in [3.63, 3.8) is 0 Å². The number of nitrogens with zero attached hydrogens (tertiary/aromatic N) is 1. The zero-order valence-corrected chi connectivity index (χ0v) is 8.42. The van der Waals surface area contributed by atoms with Crippen LogP contribution in [0.2, 0.25) is 0 Å². The Labute approximate surface area is 76.1 Å². The van der Waals surface area contributed by atoms with Gasteiger partial charge < -0.3 is 5.73 Å². The first-order chi connectivity index (χ1) is 5.75. The van der Waals surface area contributed by atoms with Gasteiger partial charge in [0, 0.05) is 18.6 Å². The van der Waals surface area contributed by atoms with Crippen LogP contribution in [0, 0.1) is 0 Å². The van der Waals surface area contributed by atoms with Crippen molar-refractivity contribution in [1.29, 1.82) is 0 Å². The topological polar surface area (TPSA) is 29.3 Å². The van der Waals surface area contributed by atoms with E-state index in [4.69, 9.17) is 5.73 Å². The van der Waals surface area contributed by atoms with Crippen molar-refractivity contribution in [3.8, 4) is 0 Å². The molecule has 0 saturated heterocycles. The summed E-state index contributed by atoms with van der Waals surface area (Å²) in [6, 6.07) is 1.35. The summed E-state index contributed by atoms with van der Waals surface area (Å²) in [5.41, 5.74) is 5.64. The van der Waals surface area contributed by atoms with E-state index in [2.05, 4.69) is 18.9 Å². The summed E-state index contributed by atoms with van der Waals surface area (Å²) in [5.74, 6) is 0. The highest BCUT2D eigenvalue weighted by Gasteiger charge is 2.20. The molecule has 2 N–H and O–H groups in total. The van der Waals surface area contributed by atoms with Gasteiger partial charge in [0.2, 0.25) is 0 Å². The van der Waals surface area contributed by atoms with Crippen LogP contribution in [0.3, 0.4) is 0 Å². The Morgan fingerprint density at radius 3 is 2.42 bits per heavy atom. The molecule has 0 bridgehead atoms. The van der Waals surface area contributed by atoms with Crippen molar-refractivity contribution in [2.24, 2.45) is 5.73 Å². The average Bonchev–Trinajstić information content (AvgIpc) is 2.17. The molecule has 2 heteroatoms. The highest BCUT2D eigenvalue weighted by Crippen LogP contribution is 2.22. The molecule has 1 aliphatic rings. The zero-order valence-electron chi connectivity index (χ0n) is 8.42. The standard InChI is InChI=1S/C10H22N2/c1-9(8-11)12(2)10-6-4-3-5-7-10/h9-10H,3-8,11H2,1-2H3. The Morgan fingerprint density at radius 1 is 1.33 bits per heavy atom. The van der Waals surface area contributed by atoms with E-state index in [1.54, 1.807) is 0 Å². The molecule has 1 atom stereocenters. The SMILES string of the molecule is CC(CN)N(C)C1CCCCC1. The van der Waals surface area contributed by atoms with Gasteiger partial charge in [0.15, 0.2) is 0 Å². The van der Waals surface area contributed by atoms with Crippen LogP contribution < -0.4 is 5.73 Å². The van der Waals surface area contributed by atoms with Crippen LogP contribution in [0.4, 0.5) is 0 Å². The van der Waals surface area contributed by atoms with Crippen LogP contribution in [0.5, 0.6) is 0 Å². The Balaban J connectivity index is 2.33. The molecular weight excluding hydrogens is 148 g/mol. The summed E-state index contributed by atoms with van der Waals surface area (Å²) in [6.45, 7) is 3.00. The van der Waals surface area contributed by atoms with Crippen molar-refractivity contribution in [1.82, 2.24) is 4.90 Å². The molecule has 1 unspecified atom stereocenters. The summed E-state index contributed by atoms with van der Waals surface area (Å²) < 4.78 is 0. The first kappa shape index (κ1) is 10.0. The quantitative estimate of drug-likeness (QED) is 0.697. The number of nitrogens with two attached hydrogens (primary N) is 1. The largest absolute Gasteiger partial charge is 0.329 e. The Kier molecular flexibility index (Phi) is 4.02. The molecular formula is C10H22N2. The monoisotopic (exact) mass is 170 g/mol. The van der Waals surface area contributed by atoms with Crippen molar-refractivity contribution in [2.45, 2.75) is 51.1 Å². The minimum Gasteiger partial charge on any atom is -0.329 e. The molecule has 72 valence electrons. The highest BCUT2D eigenvalue weighted by molar-refractivity contribution is 4.77. The summed E-state index contributed by atoms with van der Waals surface area (Å²) in [4.78, 5) is 2.46. The highest BCUT2D eigenvalue weighted by atomic mass is 15.2. The molecule has 0 aromatic carbocycles. The van der Waals surface area contributed by atoms with Crippen molar-refractivity contribution in [3.05, 3.63) is 0 Å². The lowest BCUT2D eigenvalue weighted by Gasteiger charge is -2.35. The molecule has 0 radical (unpaired) electrons. The van der Waals surface area contributed by atoms with Gasteiger partial charge in [-0.3, -0.25) is 4.90 Å². The lowest BCUT2D eigenvalue weighted by molar-refractivity contribution is 0.150. The maximum atomic E-state index is 5.64. The molecule has 1 saturated carbocycles. The third-order valence-electron chi connectivity index (χ3n) is 3.19. The van der Waals surface area contributed by atoms with E-state index >= 15 is 0 Å². The summed E-state index contributed by atoms with van der Waals surface area (Å²) in [7, 11) is 2.22. The Hall–Kier alpha value is -0.0800. The first-order valence-corrected chi connectivity index (χ1v) is 5.17. The molecule has 0 heterocycles. The van der Waals surface area contributed by atoms with E-state index in [-0.39, 0.29) is 0 Å². The molecule has 0 amide bonds. The molecule has 1 fully saturated rings. The second-order valence-corrected chi connectivity index (χ2v) is 4.04. The second-order valence-electron chi connectivity index (χ2n) is 4.04. The molecule has 0 aliphatic heterocycles. The van der Waals surface area contributed by atoms with Crippen LogP contribution in [0.1, 0.15) is 39.0 Å². The van der Waals surface area contributed by atoms with Gasteiger partial charge in [-0.2, -0.15) is 0 Å². The van der Waals surface area contributed by atoms with E-state index < -0.39 is 0 Å². The van der Waals surface area contributed by atoms with Crippen LogP contribution in [-0.2, 0) is 0 Å². The van der Waals surface area contributed by atoms with E-state index in [1.807, 2.05) is 0 Å². The molecule has 0 aromatic heterocycles. The Bertz CT molecular complexity index is 119. The number of likely N-dealkylation sites (N-methyl/N-ethyl adjacent to an activating group) is 1. The number of hydrogen-bond donors (Lipinski definition) is 1. The van der Waals surface area contributed by atoms with Gasteiger partial charge in [-0.05, 0) is 26.8 Å². The van der Waals surface area contributed by atoms with E-state index in [0.29, 0.717) is 6.04 Å². The van der Waals surface area contributed by atoms with Crippen molar-refractivity contribution >= 4 is 0 Å². The van der Waals surface area contributed by atoms with E-state index in [0.717, 1.165) is 12.6 Å². The normalized spacial score (nSPS) is 23.0. The average molecular weight is 170 g/mol. The Morgan fingerprint density at radius 2 is 1.92 bits per heavy atom. The van der Waals surface area contributed by atoms with Crippen LogP contribution in [0.25, 0.3) is 0 Å². The van der Waals surface area contributed by atoms with Gasteiger partial charge in [-0.25, -0.2) is 0 Å². The van der Waals surface area contributed by atoms with E-state index in [9.17, 15) is 0 Å². The van der Waals surface area contributed by atoms with Gasteiger partial charge in [-0.1, -0.05) is 19.3 Å². The van der Waals surface area contributed by atoms with E-state index in [1.165, 1.54) is 32.1 Å². The molecule has 12 heavy (non-hydrogen) atoms. The summed E-state index contributed by atoms with van der Waals surface area (Å²) in [6.07, 6.45) is 7.00. The lowest BCUT2D eigenvalue weighted by Crippen LogP contribution is -2.43. The molecule has 0 aromatic rings. The van der Waals surface area contributed by atoms with Crippen LogP contribution in [-0.4, -0.2) is 30.6 Å². The van der Waals surface area contributed by atoms with Gasteiger partial charge in [-0.15, -0.1) is 0 Å².